The van der Waals surface area contributed by atoms with Gasteiger partial charge in [0.2, 0.25) is 0 Å². The zero-order chi connectivity index (χ0) is 20.9. The molecule has 1 aliphatic rings. The molecule has 0 heterocycles. The molecule has 0 aromatic heterocycles. The van der Waals surface area contributed by atoms with E-state index in [0.717, 1.165) is 5.92 Å². The second-order valence-corrected chi connectivity index (χ2v) is 15.1. The van der Waals surface area contributed by atoms with Crippen LogP contribution in [0.2, 0.25) is 0 Å². The molecule has 0 radical (unpaired) electrons. The minimum absolute atomic E-state index is 0.404. The number of rotatable bonds is 7. The van der Waals surface area contributed by atoms with Crippen LogP contribution in [0.25, 0.3) is 0 Å². The molecule has 4 aromatic rings. The van der Waals surface area contributed by atoms with Crippen LogP contribution in [0.5, 0.6) is 0 Å². The van der Waals surface area contributed by atoms with E-state index in [-0.39, 0.29) is 0 Å². The molecule has 1 fully saturated rings. The molecule has 1 unspecified atom stereocenters. The predicted molar refractivity (Wildman–Crippen MR) is 138 cm³/mol. The zero-order valence-electron chi connectivity index (χ0n) is 17.7. The topological polar surface area (TPSA) is 0 Å². The Bertz CT molecular complexity index is 980. The Kier molecular flexibility index (Phi) is 6.37. The van der Waals surface area contributed by atoms with Crippen molar-refractivity contribution in [2.45, 2.75) is 23.8 Å². The maximum atomic E-state index is 2.40. The van der Waals surface area contributed by atoms with Gasteiger partial charge in [-0.05, 0) is 0 Å². The van der Waals surface area contributed by atoms with Gasteiger partial charge in [0.15, 0.2) is 0 Å². The Balaban J connectivity index is 1.79. The summed E-state index contributed by atoms with van der Waals surface area (Å²) in [7, 11) is -1.82. The first kappa shape index (κ1) is 20.7. The van der Waals surface area contributed by atoms with Crippen molar-refractivity contribution in [2.24, 2.45) is 5.92 Å². The Labute approximate surface area is 193 Å². The Hall–Kier alpha value is -2.17. The third-order valence-electron chi connectivity index (χ3n) is 6.43. The second kappa shape index (κ2) is 9.54. The molecule has 0 bridgehead atoms. The van der Waals surface area contributed by atoms with E-state index < -0.39 is 7.26 Å². The minimum atomic E-state index is -1.82. The van der Waals surface area contributed by atoms with Gasteiger partial charge in [0.1, 0.15) is 0 Å². The van der Waals surface area contributed by atoms with E-state index in [2.05, 4.69) is 121 Å². The Morgan fingerprint density at radius 1 is 0.548 bits per heavy atom. The first-order valence-corrected chi connectivity index (χ1v) is 14.9. The van der Waals surface area contributed by atoms with Crippen molar-refractivity contribution in [3.05, 3.63) is 121 Å². The first-order valence-electron chi connectivity index (χ1n) is 11.2. The summed E-state index contributed by atoms with van der Waals surface area (Å²) in [5, 5.41) is 4.59. The molecule has 0 nitrogen and oxygen atoms in total. The third kappa shape index (κ3) is 4.04. The van der Waals surface area contributed by atoms with Gasteiger partial charge in [-0.2, -0.15) is 0 Å². The molecule has 2 heteroatoms. The summed E-state index contributed by atoms with van der Waals surface area (Å²) < 4.78 is 2.20. The van der Waals surface area contributed by atoms with Crippen molar-refractivity contribution >= 4 is 42.6 Å². The number of benzene rings is 4. The van der Waals surface area contributed by atoms with Crippen molar-refractivity contribution in [3.63, 3.8) is 0 Å². The summed E-state index contributed by atoms with van der Waals surface area (Å²) in [5.41, 5.74) is 0. The zero-order valence-corrected chi connectivity index (χ0v) is 20.3. The number of hydrogen-bond acceptors (Lipinski definition) is 0. The van der Waals surface area contributed by atoms with E-state index >= 15 is 0 Å². The van der Waals surface area contributed by atoms with E-state index in [4.69, 9.17) is 0 Å². The van der Waals surface area contributed by atoms with Crippen LogP contribution in [0.1, 0.15) is 19.3 Å². The van der Waals surface area contributed by atoms with Crippen LogP contribution < -0.4 is 20.4 Å². The van der Waals surface area contributed by atoms with Crippen molar-refractivity contribution in [3.8, 4) is 0 Å². The van der Waals surface area contributed by atoms with Crippen LogP contribution in [0.15, 0.2) is 121 Å². The van der Waals surface area contributed by atoms with Gasteiger partial charge in [-0.1, -0.05) is 0 Å². The summed E-state index contributed by atoms with van der Waals surface area (Å²) in [6, 6.07) is 45.6. The van der Waals surface area contributed by atoms with Gasteiger partial charge < -0.3 is 0 Å². The van der Waals surface area contributed by atoms with Gasteiger partial charge in [-0.3, -0.25) is 0 Å². The molecule has 4 aromatic carbocycles. The van der Waals surface area contributed by atoms with Crippen molar-refractivity contribution in [1.82, 2.24) is 0 Å². The predicted octanol–water partition coefficient (Wildman–Crippen LogP) is 5.14. The van der Waals surface area contributed by atoms with E-state index in [9.17, 15) is 0 Å². The Morgan fingerprint density at radius 2 is 0.935 bits per heavy atom. The average Bonchev–Trinajstić information content (AvgIpc) is 2.81. The molecule has 0 N–H and O–H groups in total. The molecule has 0 spiro atoms. The Morgan fingerprint density at radius 3 is 1.29 bits per heavy atom. The normalized spacial score (nSPS) is 15.2. The van der Waals surface area contributed by atoms with Gasteiger partial charge in [0.25, 0.3) is 0 Å². The number of hydrogen-bond donors (Lipinski definition) is 0. The molecule has 1 saturated carbocycles. The van der Waals surface area contributed by atoms with Gasteiger partial charge in [-0.25, -0.2) is 0 Å². The van der Waals surface area contributed by atoms with Crippen LogP contribution in [-0.2, 0) is 0 Å². The first-order chi connectivity index (χ1) is 15.4. The van der Waals surface area contributed by atoms with E-state index in [1.165, 1.54) is 39.6 Å². The van der Waals surface area contributed by atoms with Crippen LogP contribution >= 0.6 is 7.26 Å². The molecule has 0 saturated heterocycles. The summed E-state index contributed by atoms with van der Waals surface area (Å²) in [6.45, 7) is 0. The molecule has 0 aliphatic heterocycles. The molecule has 1 atom stereocenters. The van der Waals surface area contributed by atoms with Gasteiger partial charge >= 0.3 is 194 Å². The van der Waals surface area contributed by atoms with Crippen LogP contribution in [0.3, 0.4) is 0 Å². The fourth-order valence-corrected chi connectivity index (χ4v) is 15.7. The SMILES string of the molecule is c1ccc([Se]C(C2CCC2)[P+](c2ccccc2)(c2ccccc2)c2ccccc2)cc1. The molecular formula is C29H28PSe+. The van der Waals surface area contributed by atoms with Crippen molar-refractivity contribution in [2.75, 3.05) is 0 Å². The summed E-state index contributed by atoms with van der Waals surface area (Å²) in [5.74, 6) is 0.800. The van der Waals surface area contributed by atoms with E-state index in [1.807, 2.05) is 0 Å². The van der Waals surface area contributed by atoms with Gasteiger partial charge in [0, 0.05) is 0 Å². The molecule has 0 amide bonds. The average molecular weight is 486 g/mol. The molecule has 5 rings (SSSR count). The van der Waals surface area contributed by atoms with Gasteiger partial charge in [-0.15, -0.1) is 0 Å². The quantitative estimate of drug-likeness (QED) is 0.251. The summed E-state index contributed by atoms with van der Waals surface area (Å²) >= 11 is 0.404. The van der Waals surface area contributed by atoms with Crippen molar-refractivity contribution in [1.29, 1.82) is 0 Å². The standard InChI is InChI=1S/C29H28PSe/c1-5-16-25(17-6-1)30(26-18-7-2-8-19-26,27-20-9-3-10-21-27)29(24-14-13-15-24)31-28-22-11-4-12-23-28/h1-12,16-24,29H,13-15H2/q+1. The second-order valence-electron chi connectivity index (χ2n) is 8.24. The van der Waals surface area contributed by atoms with Crippen LogP contribution in [-0.4, -0.2) is 19.5 Å². The molecule has 1 aliphatic carbocycles. The summed E-state index contributed by atoms with van der Waals surface area (Å²) in [4.78, 5) is 0. The molecule has 31 heavy (non-hydrogen) atoms. The maximum absolute atomic E-state index is 2.40. The fourth-order valence-electron chi connectivity index (χ4n) is 4.73. The molecule has 154 valence electrons. The van der Waals surface area contributed by atoms with E-state index in [1.54, 1.807) is 0 Å². The van der Waals surface area contributed by atoms with Crippen LogP contribution in [0, 0.1) is 5.92 Å². The van der Waals surface area contributed by atoms with Crippen LogP contribution in [0.4, 0.5) is 0 Å². The van der Waals surface area contributed by atoms with Crippen molar-refractivity contribution < 1.29 is 0 Å². The van der Waals surface area contributed by atoms with Gasteiger partial charge in [0.05, 0.1) is 0 Å². The monoisotopic (exact) mass is 487 g/mol. The fraction of sp³-hybridized carbons (Fsp3) is 0.172. The molecular weight excluding hydrogens is 458 g/mol. The summed E-state index contributed by atoms with van der Waals surface area (Å²) in [6.07, 6.45) is 4.12. The van der Waals surface area contributed by atoms with E-state index in [0.29, 0.717) is 19.5 Å². The third-order valence-corrected chi connectivity index (χ3v) is 15.9.